The van der Waals surface area contributed by atoms with E-state index in [4.69, 9.17) is 33.0 Å². The number of ether oxygens (including phenoxy) is 6. The molecule has 2 saturated heterocycles. The predicted molar refractivity (Wildman–Crippen MR) is 73.3 cm³/mol. The molecule has 0 aromatic heterocycles. The van der Waals surface area contributed by atoms with Gasteiger partial charge in [0.05, 0.1) is 32.8 Å². The highest BCUT2D eigenvalue weighted by Crippen LogP contribution is 2.13. The van der Waals surface area contributed by atoms with Crippen LogP contribution in [0.1, 0.15) is 6.42 Å². The smallest absolute Gasteiger partial charge is 0.329 e. The van der Waals surface area contributed by atoms with E-state index >= 15 is 0 Å². The second-order valence-electron chi connectivity index (χ2n) is 4.89. The number of esters is 2. The zero-order valence-electron chi connectivity index (χ0n) is 12.6. The largest absolute Gasteiger partial charge is 0.433 e. The van der Waals surface area contributed by atoms with E-state index in [-0.39, 0.29) is 26.4 Å². The van der Waals surface area contributed by atoms with E-state index in [1.54, 1.807) is 0 Å². The minimum Gasteiger partial charge on any atom is -0.433 e. The van der Waals surface area contributed by atoms with Crippen LogP contribution in [0.4, 0.5) is 0 Å². The summed E-state index contributed by atoms with van der Waals surface area (Å²) < 4.78 is 61.6. The molecule has 2 heterocycles. The second kappa shape index (κ2) is 8.69. The third-order valence-electron chi connectivity index (χ3n) is 3.06. The molecular weight excluding hydrogens is 352 g/mol. The van der Waals surface area contributed by atoms with Crippen LogP contribution in [0, 0.1) is 0 Å². The normalized spacial score (nSPS) is 26.4. The molecule has 3 unspecified atom stereocenters. The van der Waals surface area contributed by atoms with E-state index in [2.05, 4.69) is 0 Å². The van der Waals surface area contributed by atoms with Gasteiger partial charge in [-0.15, -0.1) is 0 Å². The molecule has 0 aromatic rings. The summed E-state index contributed by atoms with van der Waals surface area (Å²) >= 11 is 0. The van der Waals surface area contributed by atoms with Gasteiger partial charge in [0.1, 0.15) is 13.2 Å². The van der Waals surface area contributed by atoms with Gasteiger partial charge in [-0.2, -0.15) is 8.42 Å². The Hall–Kier alpha value is -1.31. The van der Waals surface area contributed by atoms with E-state index in [1.165, 1.54) is 0 Å². The molecule has 0 radical (unpaired) electrons. The maximum Gasteiger partial charge on any atom is 0.329 e. The van der Waals surface area contributed by atoms with E-state index in [9.17, 15) is 18.0 Å². The minimum absolute atomic E-state index is 0.0139. The van der Waals surface area contributed by atoms with Gasteiger partial charge in [-0.1, -0.05) is 0 Å². The molecule has 0 spiro atoms. The van der Waals surface area contributed by atoms with Crippen molar-refractivity contribution >= 4 is 22.1 Å². The molecule has 2 rings (SSSR count). The Balaban J connectivity index is 1.91. The molecule has 1 N–H and O–H groups in total. The maximum atomic E-state index is 11.9. The van der Waals surface area contributed by atoms with E-state index in [0.717, 1.165) is 0 Å². The van der Waals surface area contributed by atoms with Crippen LogP contribution in [0.2, 0.25) is 0 Å². The summed E-state index contributed by atoms with van der Waals surface area (Å²) in [6.45, 7) is 0.931. The van der Waals surface area contributed by atoms with Gasteiger partial charge >= 0.3 is 11.9 Å². The van der Waals surface area contributed by atoms with Gasteiger partial charge in [0.2, 0.25) is 12.6 Å². The van der Waals surface area contributed by atoms with Crippen molar-refractivity contribution in [1.82, 2.24) is 0 Å². The average molecular weight is 370 g/mol. The Morgan fingerprint density at radius 1 is 1.00 bits per heavy atom. The Bertz CT molecular complexity index is 533. The fourth-order valence-electron chi connectivity index (χ4n) is 1.93. The molecule has 0 aliphatic carbocycles. The van der Waals surface area contributed by atoms with Gasteiger partial charge in [-0.3, -0.25) is 14.1 Å². The van der Waals surface area contributed by atoms with Crippen molar-refractivity contribution in [2.45, 2.75) is 24.3 Å². The molecule has 2 fully saturated rings. The number of rotatable bonds is 6. The standard InChI is InChI=1S/C12H18O11S/c13-9(22-10-6-18-1-3-20-10)5-8(24(15,16)17)12(14)23-11-7-19-2-4-21-11/h8,10-11H,1-7H2,(H,15,16,17). The summed E-state index contributed by atoms with van der Waals surface area (Å²) in [5.41, 5.74) is 0. The number of hydrogen-bond donors (Lipinski definition) is 1. The molecule has 2 aliphatic rings. The highest BCUT2D eigenvalue weighted by Gasteiger charge is 2.38. The van der Waals surface area contributed by atoms with Gasteiger partial charge in [0.25, 0.3) is 10.1 Å². The first-order valence-electron chi connectivity index (χ1n) is 7.11. The van der Waals surface area contributed by atoms with Crippen LogP contribution in [0.5, 0.6) is 0 Å². The molecule has 138 valence electrons. The highest BCUT2D eigenvalue weighted by atomic mass is 32.2. The average Bonchev–Trinajstić information content (AvgIpc) is 2.53. The molecule has 3 atom stereocenters. The Morgan fingerprint density at radius 3 is 2.00 bits per heavy atom. The van der Waals surface area contributed by atoms with Crippen LogP contribution in [-0.4, -0.2) is 82.4 Å². The number of hydrogen-bond acceptors (Lipinski definition) is 10. The second-order valence-corrected chi connectivity index (χ2v) is 6.48. The third kappa shape index (κ3) is 5.96. The molecule has 12 heteroatoms. The summed E-state index contributed by atoms with van der Waals surface area (Å²) in [6, 6.07) is 0. The first-order valence-corrected chi connectivity index (χ1v) is 8.61. The fourth-order valence-corrected chi connectivity index (χ4v) is 2.58. The zero-order valence-corrected chi connectivity index (χ0v) is 13.4. The molecule has 2 aliphatic heterocycles. The van der Waals surface area contributed by atoms with Crippen LogP contribution >= 0.6 is 0 Å². The number of carbonyl (C=O) groups excluding carboxylic acids is 2. The van der Waals surface area contributed by atoms with Crippen LogP contribution < -0.4 is 0 Å². The van der Waals surface area contributed by atoms with Crippen LogP contribution in [0.25, 0.3) is 0 Å². The summed E-state index contributed by atoms with van der Waals surface area (Å²) in [5, 5.41) is -2.14. The Kier molecular flexibility index (Phi) is 6.89. The van der Waals surface area contributed by atoms with Gasteiger partial charge in [0.15, 0.2) is 5.25 Å². The van der Waals surface area contributed by atoms with Gasteiger partial charge in [-0.25, -0.2) is 0 Å². The summed E-state index contributed by atoms with van der Waals surface area (Å²) in [7, 11) is -4.89. The van der Waals surface area contributed by atoms with Gasteiger partial charge in [0, 0.05) is 0 Å². The SMILES string of the molecule is O=C(CC(C(=O)OC1COCCO1)S(=O)(=O)O)OC1COCCO1. The monoisotopic (exact) mass is 370 g/mol. The van der Waals surface area contributed by atoms with Gasteiger partial charge in [-0.05, 0) is 0 Å². The van der Waals surface area contributed by atoms with E-state index in [0.29, 0.717) is 13.2 Å². The lowest BCUT2D eigenvalue weighted by Crippen LogP contribution is -2.41. The Labute approximate surface area is 137 Å². The van der Waals surface area contributed by atoms with Crippen molar-refractivity contribution in [1.29, 1.82) is 0 Å². The topological polar surface area (TPSA) is 144 Å². The molecule has 0 aromatic carbocycles. The number of carbonyl (C=O) groups is 2. The molecule has 0 bridgehead atoms. The van der Waals surface area contributed by atoms with Crippen molar-refractivity contribution in [3.8, 4) is 0 Å². The fraction of sp³-hybridized carbons (Fsp3) is 0.833. The zero-order chi connectivity index (χ0) is 17.6. The molecule has 0 saturated carbocycles. The minimum atomic E-state index is -4.89. The summed E-state index contributed by atoms with van der Waals surface area (Å²) in [6.07, 6.45) is -3.05. The van der Waals surface area contributed by atoms with Crippen molar-refractivity contribution in [2.75, 3.05) is 39.6 Å². The van der Waals surface area contributed by atoms with Crippen LogP contribution in [-0.2, 0) is 48.1 Å². The maximum absolute atomic E-state index is 11.9. The summed E-state index contributed by atoms with van der Waals surface area (Å²) in [5.74, 6) is -2.41. The highest BCUT2D eigenvalue weighted by molar-refractivity contribution is 7.87. The molecule has 0 amide bonds. The van der Waals surface area contributed by atoms with Crippen LogP contribution in [0.15, 0.2) is 0 Å². The lowest BCUT2D eigenvalue weighted by atomic mass is 10.3. The Morgan fingerprint density at radius 2 is 1.54 bits per heavy atom. The first-order chi connectivity index (χ1) is 11.4. The van der Waals surface area contributed by atoms with Gasteiger partial charge < -0.3 is 28.4 Å². The van der Waals surface area contributed by atoms with Crippen molar-refractivity contribution in [3.05, 3.63) is 0 Å². The van der Waals surface area contributed by atoms with E-state index < -0.39 is 46.3 Å². The molecule has 11 nitrogen and oxygen atoms in total. The third-order valence-corrected chi connectivity index (χ3v) is 4.13. The van der Waals surface area contributed by atoms with Crippen molar-refractivity contribution in [2.24, 2.45) is 0 Å². The molecular formula is C12H18O11S. The summed E-state index contributed by atoms with van der Waals surface area (Å²) in [4.78, 5) is 23.7. The van der Waals surface area contributed by atoms with Crippen molar-refractivity contribution < 1.29 is 51.0 Å². The lowest BCUT2D eigenvalue weighted by molar-refractivity contribution is -0.218. The first kappa shape index (κ1) is 19.0. The molecule has 24 heavy (non-hydrogen) atoms. The van der Waals surface area contributed by atoms with E-state index in [1.807, 2.05) is 0 Å². The lowest BCUT2D eigenvalue weighted by Gasteiger charge is -2.25. The predicted octanol–water partition coefficient (Wildman–Crippen LogP) is -1.53. The van der Waals surface area contributed by atoms with Crippen molar-refractivity contribution in [3.63, 3.8) is 0 Å². The van der Waals surface area contributed by atoms with Crippen LogP contribution in [0.3, 0.4) is 0 Å². The quantitative estimate of drug-likeness (QED) is 0.429.